The molecule has 0 saturated heterocycles. The number of rotatable bonds is 4. The molecule has 0 spiro atoms. The van der Waals surface area contributed by atoms with Crippen LogP contribution in [-0.4, -0.2) is 12.1 Å². The van der Waals surface area contributed by atoms with Gasteiger partial charge in [-0.3, -0.25) is 4.89 Å². The van der Waals surface area contributed by atoms with Crippen molar-refractivity contribution in [3.8, 4) is 0 Å². The van der Waals surface area contributed by atoms with Crippen molar-refractivity contribution < 1.29 is 14.6 Å². The molecule has 0 N–H and O–H groups in total. The van der Waals surface area contributed by atoms with Gasteiger partial charge in [0.25, 0.3) is 0 Å². The van der Waals surface area contributed by atoms with Crippen molar-refractivity contribution in [2.75, 3.05) is 0 Å². The zero-order valence-corrected chi connectivity index (χ0v) is 11.1. The van der Waals surface area contributed by atoms with Crippen LogP contribution in [0.5, 0.6) is 0 Å². The molecule has 3 nitrogen and oxygen atoms in total. The van der Waals surface area contributed by atoms with Gasteiger partial charge in [0.1, 0.15) is 6.10 Å². The van der Waals surface area contributed by atoms with Crippen molar-refractivity contribution in [2.24, 2.45) is 23.7 Å². The Hall–Kier alpha value is -0.830. The van der Waals surface area contributed by atoms with E-state index in [9.17, 15) is 4.79 Å². The zero-order chi connectivity index (χ0) is 12.7. The molecule has 0 aromatic rings. The number of carbonyl (C=O) groups is 1. The molecular weight excluding hydrogens is 228 g/mol. The summed E-state index contributed by atoms with van der Waals surface area (Å²) in [7, 11) is 0. The van der Waals surface area contributed by atoms with Crippen molar-refractivity contribution >= 4 is 5.97 Å². The van der Waals surface area contributed by atoms with Gasteiger partial charge in [-0.25, -0.2) is 4.79 Å². The Labute approximate surface area is 108 Å². The average molecular weight is 250 g/mol. The molecule has 0 heterocycles. The third-order valence-corrected chi connectivity index (χ3v) is 5.33. The van der Waals surface area contributed by atoms with Crippen molar-refractivity contribution in [3.05, 3.63) is 12.2 Å². The molecule has 18 heavy (non-hydrogen) atoms. The summed E-state index contributed by atoms with van der Waals surface area (Å²) in [4.78, 5) is 21.9. The van der Waals surface area contributed by atoms with Crippen LogP contribution in [0.1, 0.15) is 45.4 Å². The second-order valence-electron chi connectivity index (χ2n) is 6.12. The minimum atomic E-state index is -0.400. The van der Waals surface area contributed by atoms with Gasteiger partial charge in [0.2, 0.25) is 0 Å². The lowest BCUT2D eigenvalue weighted by Gasteiger charge is -2.30. The van der Waals surface area contributed by atoms with Crippen LogP contribution in [0.25, 0.3) is 0 Å². The van der Waals surface area contributed by atoms with E-state index in [-0.39, 0.29) is 6.10 Å². The van der Waals surface area contributed by atoms with Gasteiger partial charge in [-0.05, 0) is 55.8 Å². The molecule has 0 aliphatic heterocycles. The highest BCUT2D eigenvalue weighted by Crippen LogP contribution is 2.59. The van der Waals surface area contributed by atoms with Crippen LogP contribution in [0.3, 0.4) is 0 Å². The van der Waals surface area contributed by atoms with Gasteiger partial charge in [-0.1, -0.05) is 19.9 Å². The monoisotopic (exact) mass is 250 g/mol. The molecule has 3 rings (SSSR count). The average Bonchev–Trinajstić information content (AvgIpc) is 3.05. The predicted molar refractivity (Wildman–Crippen MR) is 67.4 cm³/mol. The van der Waals surface area contributed by atoms with Gasteiger partial charge in [-0.2, -0.15) is 4.89 Å². The van der Waals surface area contributed by atoms with Crippen LogP contribution in [-0.2, 0) is 14.6 Å². The highest BCUT2D eigenvalue weighted by molar-refractivity contribution is 5.87. The van der Waals surface area contributed by atoms with Gasteiger partial charge in [0.05, 0.1) is 0 Å². The van der Waals surface area contributed by atoms with Crippen molar-refractivity contribution in [1.29, 1.82) is 0 Å². The molecule has 0 radical (unpaired) electrons. The summed E-state index contributed by atoms with van der Waals surface area (Å²) >= 11 is 0. The molecule has 3 heteroatoms. The van der Waals surface area contributed by atoms with Crippen LogP contribution in [0.2, 0.25) is 0 Å². The maximum atomic E-state index is 11.5. The maximum absolute atomic E-state index is 11.5. The summed E-state index contributed by atoms with van der Waals surface area (Å²) in [6, 6.07) is 0. The summed E-state index contributed by atoms with van der Waals surface area (Å²) in [5.74, 6) is 2.83. The van der Waals surface area contributed by atoms with E-state index in [1.807, 2.05) is 6.92 Å². The van der Waals surface area contributed by atoms with E-state index in [2.05, 4.69) is 6.58 Å². The topological polar surface area (TPSA) is 35.5 Å². The largest absolute Gasteiger partial charge is 0.368 e. The molecule has 3 fully saturated rings. The van der Waals surface area contributed by atoms with Crippen LogP contribution in [0.15, 0.2) is 12.2 Å². The van der Waals surface area contributed by atoms with Crippen LogP contribution < -0.4 is 0 Å². The molecule has 3 saturated carbocycles. The van der Waals surface area contributed by atoms with Gasteiger partial charge in [0, 0.05) is 5.57 Å². The van der Waals surface area contributed by atoms with Crippen molar-refractivity contribution in [3.63, 3.8) is 0 Å². The van der Waals surface area contributed by atoms with E-state index in [0.717, 1.165) is 24.2 Å². The van der Waals surface area contributed by atoms with Gasteiger partial charge < -0.3 is 0 Å². The Kier molecular flexibility index (Phi) is 3.18. The molecule has 0 aromatic heterocycles. The first-order valence-corrected chi connectivity index (χ1v) is 7.26. The minimum Gasteiger partial charge on any atom is -0.293 e. The fourth-order valence-electron chi connectivity index (χ4n) is 4.42. The molecule has 5 unspecified atom stereocenters. The lowest BCUT2D eigenvalue weighted by Crippen LogP contribution is -2.31. The van der Waals surface area contributed by atoms with E-state index in [1.54, 1.807) is 0 Å². The van der Waals surface area contributed by atoms with Crippen LogP contribution in [0.4, 0.5) is 0 Å². The summed E-state index contributed by atoms with van der Waals surface area (Å²) in [5.41, 5.74) is 0.483. The van der Waals surface area contributed by atoms with E-state index in [1.165, 1.54) is 25.7 Å². The first-order chi connectivity index (χ1) is 8.70. The highest BCUT2D eigenvalue weighted by atomic mass is 17.2. The van der Waals surface area contributed by atoms with Gasteiger partial charge >= 0.3 is 5.97 Å². The standard InChI is InChI=1S/C15H22O3/c1-3-9(2)15(16)18-17-14-8-10-7-13(14)12-6-4-5-11(10)12/h10-14H,2-8H2,1H3. The Morgan fingerprint density at radius 3 is 2.78 bits per heavy atom. The molecule has 3 aliphatic carbocycles. The molecule has 2 bridgehead atoms. The maximum Gasteiger partial charge on any atom is 0.368 e. The number of carbonyl (C=O) groups excluding carboxylic acids is 1. The molecule has 0 aromatic carbocycles. The Morgan fingerprint density at radius 2 is 2.00 bits per heavy atom. The molecular formula is C15H22O3. The first kappa shape index (κ1) is 12.2. The first-order valence-electron chi connectivity index (χ1n) is 7.26. The Bertz CT molecular complexity index is 363. The molecule has 100 valence electrons. The lowest BCUT2D eigenvalue weighted by molar-refractivity contribution is -0.305. The highest BCUT2D eigenvalue weighted by Gasteiger charge is 2.55. The third-order valence-electron chi connectivity index (χ3n) is 5.33. The van der Waals surface area contributed by atoms with Crippen molar-refractivity contribution in [2.45, 2.75) is 51.6 Å². The van der Waals surface area contributed by atoms with Gasteiger partial charge in [-0.15, -0.1) is 0 Å². The summed E-state index contributed by atoms with van der Waals surface area (Å²) in [6.45, 7) is 5.56. The van der Waals surface area contributed by atoms with E-state index in [4.69, 9.17) is 9.78 Å². The SMILES string of the molecule is C=C(CC)C(=O)OOC1CC2CC1C1CCCC21. The summed E-state index contributed by atoms with van der Waals surface area (Å²) in [6.07, 6.45) is 7.25. The number of fused-ring (bicyclic) bond motifs is 5. The zero-order valence-electron chi connectivity index (χ0n) is 11.1. The quantitative estimate of drug-likeness (QED) is 0.436. The third kappa shape index (κ3) is 1.89. The summed E-state index contributed by atoms with van der Waals surface area (Å²) in [5, 5.41) is 0. The minimum absolute atomic E-state index is 0.142. The number of hydrogen-bond donors (Lipinski definition) is 0. The summed E-state index contributed by atoms with van der Waals surface area (Å²) < 4.78 is 0. The predicted octanol–water partition coefficient (Wildman–Crippen LogP) is 3.25. The van der Waals surface area contributed by atoms with Crippen LogP contribution >= 0.6 is 0 Å². The van der Waals surface area contributed by atoms with E-state index < -0.39 is 5.97 Å². The van der Waals surface area contributed by atoms with Crippen LogP contribution in [0, 0.1) is 23.7 Å². The fourth-order valence-corrected chi connectivity index (χ4v) is 4.42. The van der Waals surface area contributed by atoms with Gasteiger partial charge in [0.15, 0.2) is 0 Å². The number of hydrogen-bond acceptors (Lipinski definition) is 3. The molecule has 5 atom stereocenters. The smallest absolute Gasteiger partial charge is 0.293 e. The fraction of sp³-hybridized carbons (Fsp3) is 0.800. The van der Waals surface area contributed by atoms with E-state index >= 15 is 0 Å². The second kappa shape index (κ2) is 4.69. The molecule has 0 amide bonds. The Morgan fingerprint density at radius 1 is 1.22 bits per heavy atom. The van der Waals surface area contributed by atoms with Crippen molar-refractivity contribution in [1.82, 2.24) is 0 Å². The Balaban J connectivity index is 1.54. The lowest BCUT2D eigenvalue weighted by atomic mass is 9.80. The second-order valence-corrected chi connectivity index (χ2v) is 6.12. The normalized spacial score (nSPS) is 40.8. The van der Waals surface area contributed by atoms with E-state index in [0.29, 0.717) is 17.9 Å². The molecule has 3 aliphatic rings.